The number of anilines is 1. The first-order valence-corrected chi connectivity index (χ1v) is 13.1. The summed E-state index contributed by atoms with van der Waals surface area (Å²) in [5, 5.41) is 0. The van der Waals surface area contributed by atoms with Crippen LogP contribution in [0.5, 0.6) is 11.5 Å². The molecule has 1 heterocycles. The summed E-state index contributed by atoms with van der Waals surface area (Å²) < 4.78 is 64.7. The number of amides is 1. The van der Waals surface area contributed by atoms with Crippen LogP contribution in [0.3, 0.4) is 0 Å². The predicted octanol–water partition coefficient (Wildman–Crippen LogP) is 1.93. The summed E-state index contributed by atoms with van der Waals surface area (Å²) in [5.41, 5.74) is 0.883. The minimum Gasteiger partial charge on any atom is -0.497 e. The van der Waals surface area contributed by atoms with Crippen LogP contribution in [-0.4, -0.2) is 48.8 Å². The van der Waals surface area contributed by atoms with Crippen molar-refractivity contribution in [2.75, 3.05) is 30.3 Å². The minimum absolute atomic E-state index is 0.0293. The molecule has 174 valence electrons. The van der Waals surface area contributed by atoms with Crippen LogP contribution in [0.25, 0.3) is 0 Å². The number of hydrogen-bond donors (Lipinski definition) is 1. The number of ether oxygens (including phenoxy) is 2. The molecule has 0 radical (unpaired) electrons. The molecule has 3 rings (SSSR count). The van der Waals surface area contributed by atoms with Crippen molar-refractivity contribution in [1.82, 2.24) is 4.72 Å². The van der Waals surface area contributed by atoms with Gasteiger partial charge in [-0.25, -0.2) is 25.9 Å². The van der Waals surface area contributed by atoms with E-state index in [1.54, 1.807) is 26.2 Å². The van der Waals surface area contributed by atoms with E-state index in [2.05, 4.69) is 4.72 Å². The van der Waals surface area contributed by atoms with Crippen LogP contribution in [0.4, 0.5) is 5.69 Å². The molecule has 2 aromatic carbocycles. The molecule has 1 saturated heterocycles. The van der Waals surface area contributed by atoms with Gasteiger partial charge in [0.05, 0.1) is 31.1 Å². The van der Waals surface area contributed by atoms with Crippen LogP contribution in [0.1, 0.15) is 19.4 Å². The van der Waals surface area contributed by atoms with Crippen molar-refractivity contribution in [2.24, 2.45) is 5.92 Å². The highest BCUT2D eigenvalue weighted by molar-refractivity contribution is 7.94. The number of methoxy groups -OCH3 is 1. The molecular formula is C21H26N2O7S2. The zero-order valence-electron chi connectivity index (χ0n) is 18.1. The molecular weight excluding hydrogens is 456 g/mol. The number of benzene rings is 2. The van der Waals surface area contributed by atoms with Gasteiger partial charge in [-0.2, -0.15) is 0 Å². The molecule has 1 amide bonds. The van der Waals surface area contributed by atoms with E-state index in [1.165, 1.54) is 19.1 Å². The zero-order chi connectivity index (χ0) is 23.5. The van der Waals surface area contributed by atoms with Crippen LogP contribution < -0.4 is 18.5 Å². The van der Waals surface area contributed by atoms with E-state index in [9.17, 15) is 21.6 Å². The number of nitrogens with one attached hydrogen (secondary N) is 1. The molecule has 2 aromatic rings. The number of hydrogen-bond acceptors (Lipinski definition) is 7. The first-order chi connectivity index (χ1) is 15.1. The lowest BCUT2D eigenvalue weighted by molar-refractivity contribution is -0.119. The van der Waals surface area contributed by atoms with Crippen molar-refractivity contribution in [3.05, 3.63) is 48.0 Å². The largest absolute Gasteiger partial charge is 0.497 e. The van der Waals surface area contributed by atoms with Crippen LogP contribution in [0, 0.1) is 5.92 Å². The van der Waals surface area contributed by atoms with Crippen molar-refractivity contribution < 1.29 is 31.1 Å². The summed E-state index contributed by atoms with van der Waals surface area (Å²) in [6.07, 6.45) is 0.434. The molecule has 1 atom stereocenters. The van der Waals surface area contributed by atoms with Gasteiger partial charge < -0.3 is 9.47 Å². The molecule has 0 saturated carbocycles. The van der Waals surface area contributed by atoms with E-state index < -0.39 is 31.9 Å². The van der Waals surface area contributed by atoms with Gasteiger partial charge in [-0.15, -0.1) is 0 Å². The Labute approximate surface area is 188 Å². The lowest BCUT2D eigenvalue weighted by atomic mass is 10.1. The monoisotopic (exact) mass is 482 g/mol. The highest BCUT2D eigenvalue weighted by Gasteiger charge is 2.42. The topological polar surface area (TPSA) is 119 Å². The summed E-state index contributed by atoms with van der Waals surface area (Å²) in [6.45, 7) is 3.55. The second kappa shape index (κ2) is 9.47. The average Bonchev–Trinajstić information content (AvgIpc) is 2.95. The van der Waals surface area contributed by atoms with Gasteiger partial charge in [-0.3, -0.25) is 4.79 Å². The fourth-order valence-electron chi connectivity index (χ4n) is 3.39. The molecule has 32 heavy (non-hydrogen) atoms. The van der Waals surface area contributed by atoms with Crippen LogP contribution in [-0.2, 0) is 31.3 Å². The molecule has 0 aliphatic carbocycles. The predicted molar refractivity (Wildman–Crippen MR) is 120 cm³/mol. The molecule has 0 spiro atoms. The molecule has 1 aliphatic heterocycles. The third-order valence-electron chi connectivity index (χ3n) is 4.98. The Bertz CT molecular complexity index is 1190. The van der Waals surface area contributed by atoms with E-state index in [4.69, 9.17) is 9.47 Å². The van der Waals surface area contributed by atoms with Gasteiger partial charge in [-0.05, 0) is 49.2 Å². The van der Waals surface area contributed by atoms with Gasteiger partial charge in [-0.1, -0.05) is 19.1 Å². The van der Waals surface area contributed by atoms with E-state index in [1.807, 2.05) is 12.1 Å². The van der Waals surface area contributed by atoms with Gasteiger partial charge in [0.25, 0.3) is 0 Å². The smallest absolute Gasteiger partial charge is 0.244 e. The Kier molecular flexibility index (Phi) is 7.11. The third kappa shape index (κ3) is 5.05. The highest BCUT2D eigenvalue weighted by atomic mass is 32.2. The number of carbonyl (C=O) groups is 1. The van der Waals surface area contributed by atoms with Crippen molar-refractivity contribution in [2.45, 2.75) is 25.2 Å². The number of sulfonamides is 2. The van der Waals surface area contributed by atoms with E-state index in [0.29, 0.717) is 16.5 Å². The molecule has 1 N–H and O–H groups in total. The Morgan fingerprint density at radius 1 is 1.16 bits per heavy atom. The van der Waals surface area contributed by atoms with Crippen LogP contribution in [0.15, 0.2) is 47.4 Å². The quantitative estimate of drug-likeness (QED) is 0.580. The molecule has 0 bridgehead atoms. The maximum Gasteiger partial charge on any atom is 0.244 e. The fourth-order valence-corrected chi connectivity index (χ4v) is 6.40. The van der Waals surface area contributed by atoms with Crippen molar-refractivity contribution in [3.8, 4) is 11.5 Å². The van der Waals surface area contributed by atoms with Gasteiger partial charge in [0.2, 0.25) is 26.0 Å². The van der Waals surface area contributed by atoms with E-state index >= 15 is 0 Å². The van der Waals surface area contributed by atoms with E-state index in [-0.39, 0.29) is 35.2 Å². The first-order valence-electron chi connectivity index (χ1n) is 10.1. The van der Waals surface area contributed by atoms with Crippen molar-refractivity contribution in [1.29, 1.82) is 0 Å². The maximum atomic E-state index is 13.0. The standard InChI is InChI=1S/C21H26N2O7S2/c1-4-30-19-10-7-17(23-21(24)15(2)14-31(23,25)26)13-20(19)32(27,28)22-12-11-16-5-8-18(29-3)9-6-16/h5-10,13,15,22H,4,11-12,14H2,1-3H3. The fraction of sp³-hybridized carbons (Fsp3) is 0.381. The third-order valence-corrected chi connectivity index (χ3v) is 8.33. The Hall–Kier alpha value is -2.63. The van der Waals surface area contributed by atoms with Crippen molar-refractivity contribution >= 4 is 31.6 Å². The summed E-state index contributed by atoms with van der Waals surface area (Å²) >= 11 is 0. The zero-order valence-corrected chi connectivity index (χ0v) is 19.7. The highest BCUT2D eigenvalue weighted by Crippen LogP contribution is 2.34. The molecule has 1 fully saturated rings. The number of nitrogens with zero attached hydrogens (tertiary/aromatic N) is 1. The summed E-state index contributed by atoms with van der Waals surface area (Å²) in [6, 6.07) is 11.1. The molecule has 1 aliphatic rings. The van der Waals surface area contributed by atoms with Crippen molar-refractivity contribution in [3.63, 3.8) is 0 Å². The van der Waals surface area contributed by atoms with Gasteiger partial charge in [0.15, 0.2) is 0 Å². The molecule has 11 heteroatoms. The first kappa shape index (κ1) is 24.0. The Morgan fingerprint density at radius 3 is 2.41 bits per heavy atom. The summed E-state index contributed by atoms with van der Waals surface area (Å²) in [7, 11) is -6.35. The van der Waals surface area contributed by atoms with Gasteiger partial charge >= 0.3 is 0 Å². The summed E-state index contributed by atoms with van der Waals surface area (Å²) in [5.74, 6) is -0.834. The second-order valence-corrected chi connectivity index (χ2v) is 10.9. The molecule has 1 unspecified atom stereocenters. The van der Waals surface area contributed by atoms with E-state index in [0.717, 1.165) is 11.6 Å². The lowest BCUT2D eigenvalue weighted by Gasteiger charge is -2.18. The molecule has 0 aromatic heterocycles. The normalized spacial score (nSPS) is 18.0. The SMILES string of the molecule is CCOc1ccc(N2C(=O)C(C)CS2(=O)=O)cc1S(=O)(=O)NCCc1ccc(OC)cc1. The average molecular weight is 483 g/mol. The lowest BCUT2D eigenvalue weighted by Crippen LogP contribution is -2.31. The van der Waals surface area contributed by atoms with Crippen LogP contribution in [0.2, 0.25) is 0 Å². The minimum atomic E-state index is -4.05. The number of carbonyl (C=O) groups excluding carboxylic acids is 1. The van der Waals surface area contributed by atoms with Gasteiger partial charge in [0.1, 0.15) is 16.4 Å². The Morgan fingerprint density at radius 2 is 1.84 bits per heavy atom. The Balaban J connectivity index is 1.86. The second-order valence-electron chi connectivity index (χ2n) is 7.34. The summed E-state index contributed by atoms with van der Waals surface area (Å²) in [4.78, 5) is 12.2. The maximum absolute atomic E-state index is 13.0. The van der Waals surface area contributed by atoms with Gasteiger partial charge in [0, 0.05) is 6.54 Å². The number of rotatable bonds is 9. The van der Waals surface area contributed by atoms with Crippen LogP contribution >= 0.6 is 0 Å². The molecule has 9 nitrogen and oxygen atoms in total.